The second kappa shape index (κ2) is 11.4. The van der Waals surface area contributed by atoms with Gasteiger partial charge in [0.25, 0.3) is 5.91 Å². The van der Waals surface area contributed by atoms with Crippen LogP contribution in [0.3, 0.4) is 0 Å². The summed E-state index contributed by atoms with van der Waals surface area (Å²) >= 11 is 12.3. The Kier molecular flexibility index (Phi) is 8.34. The first-order valence-electron chi connectivity index (χ1n) is 9.73. The number of carbonyl (C=O) groups excluding carboxylic acids is 2. The van der Waals surface area contributed by atoms with Crippen LogP contribution in [0.2, 0.25) is 10.0 Å². The van der Waals surface area contributed by atoms with Crippen molar-refractivity contribution in [3.8, 4) is 5.75 Å². The van der Waals surface area contributed by atoms with E-state index in [1.807, 2.05) is 0 Å². The SMILES string of the molecule is O=C(O)CC(NC(=O)COc1ccccc1)C(=O)Cn1nnc(Cc2c(Cl)cccc2Cl)n1. The van der Waals surface area contributed by atoms with E-state index in [1.165, 1.54) is 0 Å². The van der Waals surface area contributed by atoms with E-state index in [0.29, 0.717) is 21.4 Å². The number of Topliss-reactive ketones (excluding diaryl/α,β-unsaturated/α-hetero) is 1. The number of amides is 1. The Balaban J connectivity index is 1.60. The second-order valence-electron chi connectivity index (χ2n) is 6.90. The molecule has 0 aliphatic carbocycles. The van der Waals surface area contributed by atoms with Gasteiger partial charge in [-0.2, -0.15) is 4.80 Å². The Bertz CT molecular complexity index is 1120. The Hall–Kier alpha value is -3.50. The smallest absolute Gasteiger partial charge is 0.305 e. The maximum atomic E-state index is 12.6. The third-order valence-corrected chi connectivity index (χ3v) is 5.11. The van der Waals surface area contributed by atoms with Gasteiger partial charge < -0.3 is 15.2 Å². The van der Waals surface area contributed by atoms with E-state index in [4.69, 9.17) is 33.0 Å². The van der Waals surface area contributed by atoms with Crippen LogP contribution in [0.1, 0.15) is 17.8 Å². The first kappa shape index (κ1) is 24.1. The summed E-state index contributed by atoms with van der Waals surface area (Å²) in [6.07, 6.45) is -0.411. The molecule has 1 unspecified atom stereocenters. The molecule has 0 aliphatic heterocycles. The van der Waals surface area contributed by atoms with Crippen molar-refractivity contribution < 1.29 is 24.2 Å². The van der Waals surface area contributed by atoms with Crippen molar-refractivity contribution in [1.29, 1.82) is 0 Å². The molecule has 3 rings (SSSR count). The highest BCUT2D eigenvalue weighted by Gasteiger charge is 2.25. The molecule has 1 atom stereocenters. The second-order valence-corrected chi connectivity index (χ2v) is 7.71. The number of rotatable bonds is 11. The van der Waals surface area contributed by atoms with E-state index >= 15 is 0 Å². The molecule has 1 heterocycles. The molecule has 1 amide bonds. The highest BCUT2D eigenvalue weighted by atomic mass is 35.5. The van der Waals surface area contributed by atoms with Crippen molar-refractivity contribution in [3.63, 3.8) is 0 Å². The highest BCUT2D eigenvalue weighted by Crippen LogP contribution is 2.25. The number of nitrogens with one attached hydrogen (secondary N) is 1. The minimum Gasteiger partial charge on any atom is -0.484 e. The standard InChI is InChI=1S/C21H19Cl2N5O5/c22-15-7-4-8-16(23)14(15)9-19-25-27-28(26-19)11-18(29)17(10-21(31)32)24-20(30)12-33-13-5-2-1-3-6-13/h1-8,17H,9-12H2,(H,24,30)(H,31,32). The lowest BCUT2D eigenvalue weighted by molar-refractivity contribution is -0.140. The number of hydrogen-bond donors (Lipinski definition) is 2. The molecule has 0 fully saturated rings. The number of halogens is 2. The molecule has 0 saturated carbocycles. The molecule has 0 spiro atoms. The lowest BCUT2D eigenvalue weighted by Crippen LogP contribution is -2.45. The molecule has 0 bridgehead atoms. The van der Waals surface area contributed by atoms with Gasteiger partial charge in [-0.15, -0.1) is 10.2 Å². The van der Waals surface area contributed by atoms with E-state index in [1.54, 1.807) is 48.5 Å². The van der Waals surface area contributed by atoms with Gasteiger partial charge in [-0.05, 0) is 35.0 Å². The van der Waals surface area contributed by atoms with Crippen LogP contribution in [0.25, 0.3) is 0 Å². The van der Waals surface area contributed by atoms with Crippen LogP contribution >= 0.6 is 23.2 Å². The van der Waals surface area contributed by atoms with Crippen LogP contribution in [0.4, 0.5) is 0 Å². The van der Waals surface area contributed by atoms with Gasteiger partial charge in [0.2, 0.25) is 0 Å². The third kappa shape index (κ3) is 7.26. The maximum absolute atomic E-state index is 12.6. The fraction of sp³-hybridized carbons (Fsp3) is 0.238. The molecule has 0 saturated heterocycles. The van der Waals surface area contributed by atoms with Crippen LogP contribution in [0.15, 0.2) is 48.5 Å². The van der Waals surface area contributed by atoms with Gasteiger partial charge >= 0.3 is 5.97 Å². The topological polar surface area (TPSA) is 136 Å². The lowest BCUT2D eigenvalue weighted by atomic mass is 10.1. The fourth-order valence-corrected chi connectivity index (χ4v) is 3.38. The zero-order valence-electron chi connectivity index (χ0n) is 17.1. The number of hydrogen-bond acceptors (Lipinski definition) is 7. The predicted octanol–water partition coefficient (Wildman–Crippen LogP) is 2.18. The Morgan fingerprint density at radius 2 is 1.76 bits per heavy atom. The number of carboxylic acids is 1. The number of ether oxygens (including phenoxy) is 1. The number of carbonyl (C=O) groups is 3. The third-order valence-electron chi connectivity index (χ3n) is 4.40. The van der Waals surface area contributed by atoms with Gasteiger partial charge in [0.05, 0.1) is 6.42 Å². The number of tetrazole rings is 1. The lowest BCUT2D eigenvalue weighted by Gasteiger charge is -2.15. The summed E-state index contributed by atoms with van der Waals surface area (Å²) in [4.78, 5) is 37.0. The Labute approximate surface area is 198 Å². The largest absolute Gasteiger partial charge is 0.484 e. The summed E-state index contributed by atoms with van der Waals surface area (Å²) in [6, 6.07) is 12.4. The maximum Gasteiger partial charge on any atom is 0.305 e. The van der Waals surface area contributed by atoms with Crippen molar-refractivity contribution in [3.05, 3.63) is 70.0 Å². The summed E-state index contributed by atoms with van der Waals surface area (Å²) in [5, 5.41) is 24.2. The average Bonchev–Trinajstić information content (AvgIpc) is 3.22. The number of benzene rings is 2. The Morgan fingerprint density at radius 1 is 1.06 bits per heavy atom. The van der Waals surface area contributed by atoms with E-state index < -0.39 is 30.1 Å². The van der Waals surface area contributed by atoms with Gasteiger partial charge in [-0.3, -0.25) is 14.4 Å². The molecular formula is C21H19Cl2N5O5. The molecule has 3 aromatic rings. The summed E-state index contributed by atoms with van der Waals surface area (Å²) in [5.41, 5.74) is 0.612. The van der Waals surface area contributed by atoms with Gasteiger partial charge in [0.1, 0.15) is 18.3 Å². The highest BCUT2D eigenvalue weighted by molar-refractivity contribution is 6.36. The quantitative estimate of drug-likeness (QED) is 0.416. The number of aromatic nitrogens is 4. The zero-order chi connectivity index (χ0) is 23.8. The molecule has 0 radical (unpaired) electrons. The van der Waals surface area contributed by atoms with Crippen molar-refractivity contribution in [1.82, 2.24) is 25.5 Å². The van der Waals surface area contributed by atoms with E-state index in [-0.39, 0.29) is 25.4 Å². The van der Waals surface area contributed by atoms with Gasteiger partial charge in [0, 0.05) is 16.5 Å². The fourth-order valence-electron chi connectivity index (χ4n) is 2.84. The number of aliphatic carboxylic acids is 1. The summed E-state index contributed by atoms with van der Waals surface area (Å²) in [6.45, 7) is -0.765. The number of ketones is 1. The number of nitrogens with zero attached hydrogens (tertiary/aromatic N) is 4. The first-order chi connectivity index (χ1) is 15.8. The average molecular weight is 492 g/mol. The van der Waals surface area contributed by atoms with Crippen molar-refractivity contribution in [2.45, 2.75) is 25.4 Å². The van der Waals surface area contributed by atoms with E-state index in [2.05, 4.69) is 20.7 Å². The molecule has 172 valence electrons. The molecule has 2 aromatic carbocycles. The summed E-state index contributed by atoms with van der Waals surface area (Å²) in [7, 11) is 0. The van der Waals surface area contributed by atoms with E-state index in [9.17, 15) is 14.4 Å². The van der Waals surface area contributed by atoms with Gasteiger partial charge in [-0.1, -0.05) is 47.5 Å². The molecule has 1 aromatic heterocycles. The number of carboxylic acid groups (broad SMARTS) is 1. The number of para-hydroxylation sites is 1. The van der Waals surface area contributed by atoms with Gasteiger partial charge in [0.15, 0.2) is 18.2 Å². The van der Waals surface area contributed by atoms with Crippen LogP contribution in [-0.4, -0.2) is 55.6 Å². The van der Waals surface area contributed by atoms with Crippen molar-refractivity contribution >= 4 is 40.9 Å². The van der Waals surface area contributed by atoms with Crippen LogP contribution in [-0.2, 0) is 27.3 Å². The van der Waals surface area contributed by atoms with Crippen molar-refractivity contribution in [2.75, 3.05) is 6.61 Å². The van der Waals surface area contributed by atoms with E-state index in [0.717, 1.165) is 4.80 Å². The monoisotopic (exact) mass is 491 g/mol. The predicted molar refractivity (Wildman–Crippen MR) is 118 cm³/mol. The van der Waals surface area contributed by atoms with Crippen molar-refractivity contribution in [2.24, 2.45) is 0 Å². The summed E-state index contributed by atoms with van der Waals surface area (Å²) < 4.78 is 5.32. The molecule has 12 heteroatoms. The van der Waals surface area contributed by atoms with Crippen LogP contribution in [0.5, 0.6) is 5.75 Å². The zero-order valence-corrected chi connectivity index (χ0v) is 18.7. The minimum absolute atomic E-state index is 0.193. The minimum atomic E-state index is -1.29. The molecule has 33 heavy (non-hydrogen) atoms. The molecule has 10 nitrogen and oxygen atoms in total. The van der Waals surface area contributed by atoms with Crippen LogP contribution in [0, 0.1) is 0 Å². The van der Waals surface area contributed by atoms with Crippen LogP contribution < -0.4 is 10.1 Å². The first-order valence-corrected chi connectivity index (χ1v) is 10.5. The molecule has 2 N–H and O–H groups in total. The Morgan fingerprint density at radius 3 is 2.42 bits per heavy atom. The normalized spacial score (nSPS) is 11.6. The summed E-state index contributed by atoms with van der Waals surface area (Å²) in [5.74, 6) is -1.76. The molecule has 0 aliphatic rings. The van der Waals surface area contributed by atoms with Gasteiger partial charge in [-0.25, -0.2) is 0 Å². The molecular weight excluding hydrogens is 473 g/mol.